The molecule has 26 heavy (non-hydrogen) atoms. The summed E-state index contributed by atoms with van der Waals surface area (Å²) < 4.78 is 2.55. The number of benzene rings is 1. The highest BCUT2D eigenvalue weighted by Crippen LogP contribution is 2.44. The van der Waals surface area contributed by atoms with Crippen molar-refractivity contribution in [2.75, 3.05) is 13.1 Å². The van der Waals surface area contributed by atoms with E-state index >= 15 is 0 Å². The third-order valence-corrected chi connectivity index (χ3v) is 12.9. The molecule has 0 aliphatic carbocycles. The third-order valence-electron chi connectivity index (χ3n) is 6.18. The SMILES string of the molecule is CCN(CC)C(=O)c1cn([Si](C(C)C)(C(C)C)C(C)C)c2ccccc12. The number of hydrogen-bond acceptors (Lipinski definition) is 1. The monoisotopic (exact) mass is 372 g/mol. The highest BCUT2D eigenvalue weighted by atomic mass is 28.3. The van der Waals surface area contributed by atoms with Gasteiger partial charge in [-0.05, 0) is 36.5 Å². The fourth-order valence-corrected chi connectivity index (χ4v) is 11.8. The first kappa shape index (κ1) is 20.8. The smallest absolute Gasteiger partial charge is 0.255 e. The van der Waals surface area contributed by atoms with Gasteiger partial charge in [-0.1, -0.05) is 59.7 Å². The van der Waals surface area contributed by atoms with Crippen LogP contribution in [0.2, 0.25) is 16.6 Å². The zero-order valence-electron chi connectivity index (χ0n) is 17.8. The number of nitrogens with zero attached hydrogens (tertiary/aromatic N) is 2. The molecular formula is C22H36N2OSi. The summed E-state index contributed by atoms with van der Waals surface area (Å²) in [5, 5.41) is 1.10. The molecule has 1 aromatic heterocycles. The van der Waals surface area contributed by atoms with E-state index in [1.54, 1.807) is 0 Å². The maximum absolute atomic E-state index is 13.2. The van der Waals surface area contributed by atoms with E-state index in [1.807, 2.05) is 4.90 Å². The number of amides is 1. The predicted molar refractivity (Wildman–Crippen MR) is 116 cm³/mol. The van der Waals surface area contributed by atoms with E-state index in [0.717, 1.165) is 24.0 Å². The van der Waals surface area contributed by atoms with Gasteiger partial charge in [-0.15, -0.1) is 0 Å². The molecule has 144 valence electrons. The first-order chi connectivity index (χ1) is 12.2. The lowest BCUT2D eigenvalue weighted by Gasteiger charge is -2.44. The van der Waals surface area contributed by atoms with Crippen molar-refractivity contribution >= 4 is 25.0 Å². The molecule has 0 saturated carbocycles. The van der Waals surface area contributed by atoms with Gasteiger partial charge in [-0.25, -0.2) is 0 Å². The largest absolute Gasteiger partial charge is 0.373 e. The Balaban J connectivity index is 2.82. The number of rotatable bonds is 7. The van der Waals surface area contributed by atoms with Crippen molar-refractivity contribution in [1.29, 1.82) is 0 Å². The molecule has 4 heteroatoms. The second-order valence-electron chi connectivity index (χ2n) is 8.26. The molecular weight excluding hydrogens is 336 g/mol. The van der Waals surface area contributed by atoms with Gasteiger partial charge >= 0.3 is 0 Å². The Bertz CT molecular complexity index is 735. The quantitative estimate of drug-likeness (QED) is 0.535. The number of para-hydroxylation sites is 1. The van der Waals surface area contributed by atoms with Gasteiger partial charge in [-0.3, -0.25) is 4.79 Å². The Kier molecular flexibility index (Phi) is 6.38. The van der Waals surface area contributed by atoms with Crippen molar-refractivity contribution in [3.8, 4) is 0 Å². The summed E-state index contributed by atoms with van der Waals surface area (Å²) in [6, 6.07) is 8.46. The molecule has 0 spiro atoms. The van der Waals surface area contributed by atoms with Gasteiger partial charge in [-0.2, -0.15) is 0 Å². The lowest BCUT2D eigenvalue weighted by molar-refractivity contribution is 0.0775. The third kappa shape index (κ3) is 3.13. The van der Waals surface area contributed by atoms with Crippen LogP contribution in [-0.4, -0.2) is 36.4 Å². The summed E-state index contributed by atoms with van der Waals surface area (Å²) >= 11 is 0. The number of carbonyl (C=O) groups excluding carboxylic acids is 1. The summed E-state index contributed by atoms with van der Waals surface area (Å²) in [5.41, 5.74) is 3.87. The van der Waals surface area contributed by atoms with Crippen LogP contribution in [0, 0.1) is 0 Å². The van der Waals surface area contributed by atoms with Gasteiger partial charge in [0.1, 0.15) is 0 Å². The van der Waals surface area contributed by atoms with E-state index in [1.165, 1.54) is 5.52 Å². The second kappa shape index (κ2) is 7.99. The Hall–Kier alpha value is -1.55. The minimum absolute atomic E-state index is 0.157. The van der Waals surface area contributed by atoms with E-state index in [0.29, 0.717) is 16.6 Å². The lowest BCUT2D eigenvalue weighted by Crippen LogP contribution is -2.51. The zero-order chi connectivity index (χ0) is 19.6. The van der Waals surface area contributed by atoms with Crippen LogP contribution in [0.15, 0.2) is 30.5 Å². The molecule has 3 nitrogen and oxygen atoms in total. The number of hydrogen-bond donors (Lipinski definition) is 0. The van der Waals surface area contributed by atoms with Crippen LogP contribution in [-0.2, 0) is 0 Å². The molecule has 1 heterocycles. The van der Waals surface area contributed by atoms with Crippen LogP contribution in [0.25, 0.3) is 10.9 Å². The van der Waals surface area contributed by atoms with Crippen LogP contribution in [0.3, 0.4) is 0 Å². The van der Waals surface area contributed by atoms with E-state index in [9.17, 15) is 4.79 Å². The van der Waals surface area contributed by atoms with Gasteiger partial charge in [0.15, 0.2) is 8.24 Å². The molecule has 1 amide bonds. The molecule has 0 unspecified atom stereocenters. The summed E-state index contributed by atoms with van der Waals surface area (Å²) in [6.45, 7) is 19.8. The average Bonchev–Trinajstić information content (AvgIpc) is 2.95. The average molecular weight is 373 g/mol. The number of fused-ring (bicyclic) bond motifs is 1. The van der Waals surface area contributed by atoms with Crippen LogP contribution >= 0.6 is 0 Å². The summed E-state index contributed by atoms with van der Waals surface area (Å²) in [6.07, 6.45) is 2.19. The Morgan fingerprint density at radius 1 is 0.962 bits per heavy atom. The van der Waals surface area contributed by atoms with Crippen molar-refractivity contribution in [2.24, 2.45) is 0 Å². The van der Waals surface area contributed by atoms with Crippen molar-refractivity contribution in [1.82, 2.24) is 9.13 Å². The fourth-order valence-electron chi connectivity index (χ4n) is 5.19. The molecule has 0 N–H and O–H groups in total. The highest BCUT2D eigenvalue weighted by Gasteiger charge is 2.46. The molecule has 2 aromatic rings. The van der Waals surface area contributed by atoms with Gasteiger partial charge in [0.05, 0.1) is 5.56 Å². The van der Waals surface area contributed by atoms with E-state index < -0.39 is 8.24 Å². The van der Waals surface area contributed by atoms with E-state index in [2.05, 4.69) is 90.1 Å². The standard InChI is InChI=1S/C22H36N2OSi/c1-9-23(10-2)22(25)20-15-24(21-14-12-11-13-19(20)21)26(16(3)4,17(5)6)18(7)8/h11-18H,9-10H2,1-8H3. The highest BCUT2D eigenvalue weighted by molar-refractivity contribution is 6.82. The molecule has 0 radical (unpaired) electrons. The molecule has 1 aromatic carbocycles. The fraction of sp³-hybridized carbons (Fsp3) is 0.591. The Labute approximate surface area is 160 Å². The maximum atomic E-state index is 13.2. The molecule has 0 saturated heterocycles. The summed E-state index contributed by atoms with van der Waals surface area (Å²) in [4.78, 5) is 15.1. The van der Waals surface area contributed by atoms with Crippen molar-refractivity contribution < 1.29 is 4.79 Å². The normalized spacial score (nSPS) is 12.6. The molecule has 0 aliphatic rings. The maximum Gasteiger partial charge on any atom is 0.255 e. The second-order valence-corrected chi connectivity index (χ2v) is 14.0. The van der Waals surface area contributed by atoms with Crippen molar-refractivity contribution in [2.45, 2.75) is 72.0 Å². The Morgan fingerprint density at radius 2 is 1.46 bits per heavy atom. The van der Waals surface area contributed by atoms with Crippen molar-refractivity contribution in [3.05, 3.63) is 36.0 Å². The van der Waals surface area contributed by atoms with Gasteiger partial charge in [0.2, 0.25) is 0 Å². The van der Waals surface area contributed by atoms with Gasteiger partial charge in [0.25, 0.3) is 5.91 Å². The topological polar surface area (TPSA) is 25.2 Å². The molecule has 0 atom stereocenters. The van der Waals surface area contributed by atoms with Crippen LogP contribution in [0.1, 0.15) is 65.7 Å². The van der Waals surface area contributed by atoms with Crippen LogP contribution < -0.4 is 0 Å². The van der Waals surface area contributed by atoms with Crippen LogP contribution in [0.5, 0.6) is 0 Å². The first-order valence-electron chi connectivity index (χ1n) is 10.1. The van der Waals surface area contributed by atoms with E-state index in [-0.39, 0.29) is 5.91 Å². The molecule has 2 rings (SSSR count). The van der Waals surface area contributed by atoms with Gasteiger partial charge in [0, 0.05) is 30.2 Å². The van der Waals surface area contributed by atoms with E-state index in [4.69, 9.17) is 0 Å². The minimum atomic E-state index is -1.90. The Morgan fingerprint density at radius 3 is 1.92 bits per heavy atom. The summed E-state index contributed by atoms with van der Waals surface area (Å²) in [7, 11) is -1.90. The summed E-state index contributed by atoms with van der Waals surface area (Å²) in [5.74, 6) is 0.157. The molecule has 0 aliphatic heterocycles. The zero-order valence-corrected chi connectivity index (χ0v) is 18.8. The van der Waals surface area contributed by atoms with Crippen LogP contribution in [0.4, 0.5) is 0 Å². The minimum Gasteiger partial charge on any atom is -0.373 e. The predicted octanol–water partition coefficient (Wildman–Crippen LogP) is 6.15. The first-order valence-corrected chi connectivity index (χ1v) is 12.3. The number of carbonyl (C=O) groups is 1. The van der Waals surface area contributed by atoms with Gasteiger partial charge < -0.3 is 9.13 Å². The molecule has 0 bridgehead atoms. The number of aromatic nitrogens is 1. The lowest BCUT2D eigenvalue weighted by atomic mass is 10.1. The molecule has 0 fully saturated rings. The van der Waals surface area contributed by atoms with Crippen molar-refractivity contribution in [3.63, 3.8) is 0 Å².